The Labute approximate surface area is 207 Å². The van der Waals surface area contributed by atoms with Crippen LogP contribution in [0, 0.1) is 5.92 Å². The molecule has 0 aliphatic heterocycles. The monoisotopic (exact) mass is 486 g/mol. The molecule has 0 aliphatic rings. The van der Waals surface area contributed by atoms with Crippen LogP contribution in [0.3, 0.4) is 0 Å². The zero-order valence-corrected chi connectivity index (χ0v) is 21.3. The number of ether oxygens (including phenoxy) is 1. The molecule has 2 unspecified atom stereocenters. The molecule has 0 fully saturated rings. The molecule has 2 atom stereocenters. The van der Waals surface area contributed by atoms with Gasteiger partial charge in [-0.05, 0) is 68.4 Å². The third-order valence-electron chi connectivity index (χ3n) is 5.52. The Morgan fingerprint density at radius 1 is 1.03 bits per heavy atom. The van der Waals surface area contributed by atoms with Crippen LogP contribution in [0.25, 0.3) is 10.8 Å². The number of nitrogens with one attached hydrogen (secondary N) is 1. The summed E-state index contributed by atoms with van der Waals surface area (Å²) in [7, 11) is 0. The Morgan fingerprint density at radius 3 is 2.29 bits per heavy atom. The van der Waals surface area contributed by atoms with Crippen molar-refractivity contribution >= 4 is 28.7 Å². The van der Waals surface area contributed by atoms with Crippen LogP contribution in [0.2, 0.25) is 0 Å². The summed E-state index contributed by atoms with van der Waals surface area (Å²) < 4.78 is 5.59. The molecule has 8 heteroatoms. The molecule has 0 aromatic heterocycles. The highest BCUT2D eigenvalue weighted by molar-refractivity contribution is 5.86. The van der Waals surface area contributed by atoms with E-state index in [1.165, 1.54) is 0 Å². The minimum atomic E-state index is -1.26. The fraction of sp³-hybridized carbons (Fsp3) is 0.519. The molecule has 0 saturated carbocycles. The van der Waals surface area contributed by atoms with Gasteiger partial charge in [0.1, 0.15) is 17.7 Å². The average molecular weight is 487 g/mol. The molecule has 0 radical (unpaired) electrons. The second-order valence-corrected chi connectivity index (χ2v) is 10.2. The summed E-state index contributed by atoms with van der Waals surface area (Å²) >= 11 is 0. The van der Waals surface area contributed by atoms with Gasteiger partial charge in [-0.3, -0.25) is 4.79 Å². The van der Waals surface area contributed by atoms with Gasteiger partial charge in [-0.25, -0.2) is 9.59 Å². The number of carbonyl (C=O) groups is 3. The van der Waals surface area contributed by atoms with Crippen molar-refractivity contribution in [1.29, 1.82) is 0 Å². The molecule has 2 rings (SSSR count). The molecule has 0 bridgehead atoms. The van der Waals surface area contributed by atoms with Gasteiger partial charge >= 0.3 is 12.1 Å². The molecule has 192 valence electrons. The van der Waals surface area contributed by atoms with Gasteiger partial charge in [-0.15, -0.1) is 0 Å². The van der Waals surface area contributed by atoms with Crippen molar-refractivity contribution in [2.24, 2.45) is 5.92 Å². The smallest absolute Gasteiger partial charge is 0.410 e. The zero-order valence-electron chi connectivity index (χ0n) is 21.3. The first-order valence-corrected chi connectivity index (χ1v) is 12.0. The Hall–Kier alpha value is -3.13. The van der Waals surface area contributed by atoms with Crippen molar-refractivity contribution in [3.8, 4) is 0 Å². The van der Waals surface area contributed by atoms with Crippen LogP contribution in [-0.4, -0.2) is 57.4 Å². The van der Waals surface area contributed by atoms with Crippen molar-refractivity contribution in [2.45, 2.75) is 78.2 Å². The molecular formula is C27H38N2O6. The number of amides is 2. The summed E-state index contributed by atoms with van der Waals surface area (Å²) in [6, 6.07) is 12.9. The van der Waals surface area contributed by atoms with Gasteiger partial charge in [0.15, 0.2) is 0 Å². The molecule has 8 nitrogen and oxygen atoms in total. The van der Waals surface area contributed by atoms with E-state index < -0.39 is 35.7 Å². The maximum absolute atomic E-state index is 12.9. The minimum absolute atomic E-state index is 0.185. The van der Waals surface area contributed by atoms with Gasteiger partial charge in [0.05, 0.1) is 0 Å². The van der Waals surface area contributed by atoms with Crippen LogP contribution >= 0.6 is 0 Å². The number of hydrogen-bond acceptors (Lipinski definition) is 5. The topological polar surface area (TPSA) is 116 Å². The van der Waals surface area contributed by atoms with E-state index in [0.29, 0.717) is 25.9 Å². The molecule has 3 N–H and O–H groups in total. The van der Waals surface area contributed by atoms with E-state index in [4.69, 9.17) is 4.74 Å². The minimum Gasteiger partial charge on any atom is -0.480 e. The summed E-state index contributed by atoms with van der Waals surface area (Å²) in [6.07, 6.45) is -0.523. The fourth-order valence-corrected chi connectivity index (χ4v) is 3.59. The molecule has 2 aromatic carbocycles. The van der Waals surface area contributed by atoms with E-state index in [2.05, 4.69) is 5.32 Å². The van der Waals surface area contributed by atoms with Crippen LogP contribution in [0.15, 0.2) is 42.5 Å². The van der Waals surface area contributed by atoms with Crippen molar-refractivity contribution in [2.75, 3.05) is 6.54 Å². The normalized spacial score (nSPS) is 13.3. The highest BCUT2D eigenvalue weighted by atomic mass is 16.6. The number of fused-ring (bicyclic) bond motifs is 1. The highest BCUT2D eigenvalue weighted by Gasteiger charge is 2.26. The third kappa shape index (κ3) is 9.20. The van der Waals surface area contributed by atoms with Crippen LogP contribution < -0.4 is 5.32 Å². The second-order valence-electron chi connectivity index (χ2n) is 10.2. The number of hydrogen-bond donors (Lipinski definition) is 3. The van der Waals surface area contributed by atoms with Gasteiger partial charge < -0.3 is 25.2 Å². The first-order chi connectivity index (χ1) is 16.4. The number of carboxylic acids is 1. The van der Waals surface area contributed by atoms with Crippen molar-refractivity contribution in [1.82, 2.24) is 10.2 Å². The summed E-state index contributed by atoms with van der Waals surface area (Å²) in [5, 5.41) is 23.9. The Bertz CT molecular complexity index is 1010. The molecule has 0 heterocycles. The number of aliphatic carboxylic acids is 1. The largest absolute Gasteiger partial charge is 0.480 e. The maximum atomic E-state index is 12.9. The number of aliphatic hydroxyl groups is 1. The van der Waals surface area contributed by atoms with Crippen LogP contribution in [0.4, 0.5) is 4.79 Å². The number of carboxylic acid groups (broad SMARTS) is 1. The van der Waals surface area contributed by atoms with Crippen molar-refractivity contribution in [3.63, 3.8) is 0 Å². The van der Waals surface area contributed by atoms with E-state index in [9.17, 15) is 24.6 Å². The number of rotatable bonds is 11. The SMILES string of the molecule is CC(C)C(O)C(=O)NC(CCCCN(Cc1ccc2ccccc2c1)C(=O)OC(C)(C)C)C(=O)O. The number of unbranched alkanes of at least 4 members (excludes halogenated alkanes) is 1. The number of nitrogens with zero attached hydrogens (tertiary/aromatic N) is 1. The first kappa shape index (κ1) is 28.1. The fourth-order valence-electron chi connectivity index (χ4n) is 3.59. The van der Waals surface area contributed by atoms with Gasteiger partial charge in [-0.2, -0.15) is 0 Å². The van der Waals surface area contributed by atoms with Crippen LogP contribution in [0.1, 0.15) is 59.4 Å². The highest BCUT2D eigenvalue weighted by Crippen LogP contribution is 2.19. The lowest BCUT2D eigenvalue weighted by Gasteiger charge is -2.28. The molecule has 0 aliphatic carbocycles. The standard InChI is InChI=1S/C27H38N2O6/c1-18(2)23(30)24(31)28-22(25(32)33)12-8-9-15-29(26(34)35-27(3,4)5)17-19-13-14-20-10-6-7-11-21(20)16-19/h6-7,10-11,13-14,16,18,22-23,30H,8-9,12,15,17H2,1-5H3,(H,28,31)(H,32,33). The van der Waals surface area contributed by atoms with Crippen LogP contribution in [-0.2, 0) is 20.9 Å². The van der Waals surface area contributed by atoms with Crippen molar-refractivity contribution < 1.29 is 29.3 Å². The number of aliphatic hydroxyl groups excluding tert-OH is 1. The summed E-state index contributed by atoms with van der Waals surface area (Å²) in [5.74, 6) is -2.17. The number of carbonyl (C=O) groups excluding carboxylic acids is 2. The predicted molar refractivity (Wildman–Crippen MR) is 135 cm³/mol. The van der Waals surface area contributed by atoms with E-state index in [1.54, 1.807) is 18.7 Å². The lowest BCUT2D eigenvalue weighted by Crippen LogP contribution is -2.47. The summed E-state index contributed by atoms with van der Waals surface area (Å²) in [4.78, 5) is 38.1. The molecule has 0 saturated heterocycles. The Balaban J connectivity index is 2.02. The van der Waals surface area contributed by atoms with Crippen molar-refractivity contribution in [3.05, 3.63) is 48.0 Å². The predicted octanol–water partition coefficient (Wildman–Crippen LogP) is 4.33. The first-order valence-electron chi connectivity index (χ1n) is 12.0. The lowest BCUT2D eigenvalue weighted by atomic mass is 10.0. The summed E-state index contributed by atoms with van der Waals surface area (Å²) in [5.41, 5.74) is 0.321. The molecule has 0 spiro atoms. The molecular weight excluding hydrogens is 448 g/mol. The maximum Gasteiger partial charge on any atom is 0.410 e. The summed E-state index contributed by atoms with van der Waals surface area (Å²) in [6.45, 7) is 9.53. The van der Waals surface area contributed by atoms with E-state index in [-0.39, 0.29) is 12.3 Å². The quantitative estimate of drug-likeness (QED) is 0.407. The lowest BCUT2D eigenvalue weighted by molar-refractivity contribution is -0.144. The van der Waals surface area contributed by atoms with E-state index >= 15 is 0 Å². The average Bonchev–Trinajstić information content (AvgIpc) is 2.77. The van der Waals surface area contributed by atoms with Gasteiger partial charge in [0.2, 0.25) is 5.91 Å². The van der Waals surface area contributed by atoms with Crippen LogP contribution in [0.5, 0.6) is 0 Å². The van der Waals surface area contributed by atoms with E-state index in [0.717, 1.165) is 16.3 Å². The Kier molecular flexibility index (Phi) is 10.1. The molecule has 2 amide bonds. The third-order valence-corrected chi connectivity index (χ3v) is 5.52. The van der Waals surface area contributed by atoms with Gasteiger partial charge in [0.25, 0.3) is 0 Å². The van der Waals surface area contributed by atoms with Gasteiger partial charge in [-0.1, -0.05) is 50.2 Å². The van der Waals surface area contributed by atoms with E-state index in [1.807, 2.05) is 63.2 Å². The number of benzene rings is 2. The Morgan fingerprint density at radius 2 is 1.69 bits per heavy atom. The second kappa shape index (κ2) is 12.5. The molecule has 35 heavy (non-hydrogen) atoms. The van der Waals surface area contributed by atoms with Gasteiger partial charge in [0, 0.05) is 13.1 Å². The zero-order chi connectivity index (χ0) is 26.2. The molecule has 2 aromatic rings.